The third-order valence-corrected chi connectivity index (χ3v) is 5.20. The van der Waals surface area contributed by atoms with Crippen molar-refractivity contribution in [2.45, 2.75) is 47.8 Å². The van der Waals surface area contributed by atoms with E-state index in [0.29, 0.717) is 0 Å². The standard InChI is InChI=1S/C22H24N2.C19H16N.Ir/c1-17(18-8-6-5-7-9-18)14-19(12-13-23)20-10-11-21(24-16-20)15-22(2,3)4;1-14-8-11-19(20-13-14)17-10-9-15(2)18(12-17)16-6-4-3-5-7-16;/h5-8,10-14,16H,15H2,1-4H3;3-9,11-13H,1-2H3;/q-2;-1;+3/b17-14+,19-12+;;/i5D,6D,7D,8D,10D,11D,12D,13D,14D,15D2,16D;1D3,2D3,3D,4D,5D,6D,7D,8D,11D,12D;. The van der Waals surface area contributed by atoms with E-state index in [-0.39, 0.29) is 42.5 Å². The van der Waals surface area contributed by atoms with Crippen LogP contribution in [-0.4, -0.2) is 16.2 Å². The van der Waals surface area contributed by atoms with Crippen molar-refractivity contribution in [3.8, 4) is 22.4 Å². The van der Waals surface area contributed by atoms with Gasteiger partial charge in [-0.2, -0.15) is 6.19 Å². The monoisotopic (exact) mass is 793 g/mol. The Morgan fingerprint density at radius 1 is 1.00 bits per heavy atom. The predicted molar refractivity (Wildman–Crippen MR) is 187 cm³/mol. The Kier molecular flexibility index (Phi) is 5.07. The molecule has 0 N–H and O–H groups in total. The first kappa shape index (κ1) is 13.6. The summed E-state index contributed by atoms with van der Waals surface area (Å²) in [5.41, 5.74) is -5.81. The molecule has 0 saturated heterocycles. The van der Waals surface area contributed by atoms with Gasteiger partial charge < -0.3 is 10.4 Å². The molecule has 0 saturated carbocycles. The summed E-state index contributed by atoms with van der Waals surface area (Å²) in [7, 11) is 0. The van der Waals surface area contributed by atoms with E-state index in [0.717, 1.165) is 12.3 Å². The Bertz CT molecular complexity index is 3010. The van der Waals surface area contributed by atoms with Crippen molar-refractivity contribution in [3.05, 3.63) is 161 Å². The largest absolute Gasteiger partial charge is 3.00 e. The van der Waals surface area contributed by atoms with Gasteiger partial charge in [0.25, 0.3) is 0 Å². The van der Waals surface area contributed by atoms with E-state index in [9.17, 15) is 5.41 Å². The van der Waals surface area contributed by atoms with E-state index in [1.165, 1.54) is 6.92 Å². The van der Waals surface area contributed by atoms with Crippen molar-refractivity contribution >= 4 is 17.3 Å². The maximum Gasteiger partial charge on any atom is 3.00 e. The third kappa shape index (κ3) is 10.7. The molecule has 3 nitrogen and oxygen atoms in total. The van der Waals surface area contributed by atoms with Crippen LogP contribution in [0.1, 0.15) is 91.3 Å². The van der Waals surface area contributed by atoms with Gasteiger partial charge >= 0.3 is 20.1 Å². The summed E-state index contributed by atoms with van der Waals surface area (Å²) in [5, 5.41) is 9.73. The summed E-state index contributed by atoms with van der Waals surface area (Å²) >= 11 is 0. The number of aryl methyl sites for hydroxylation is 2. The van der Waals surface area contributed by atoms with Crippen LogP contribution in [0.25, 0.3) is 38.9 Å². The zero-order valence-electron chi connectivity index (χ0n) is 50.3. The fraction of sp³-hybridized carbons (Fsp3) is 0.195. The van der Waals surface area contributed by atoms with Gasteiger partial charge in [0.05, 0.1) is 16.4 Å². The van der Waals surface area contributed by atoms with Gasteiger partial charge in [-0.15, -0.1) is 70.7 Å². The van der Waals surface area contributed by atoms with Crippen LogP contribution in [0.15, 0.2) is 115 Å². The normalized spacial score (nSPS) is 21.2. The number of aromatic nitrogens is 2. The summed E-state index contributed by atoms with van der Waals surface area (Å²) in [6.45, 7) is 0.380. The molecule has 0 atom stereocenters. The maximum atomic E-state index is 9.73. The van der Waals surface area contributed by atoms with Crippen LogP contribution < -0.4 is 0 Å². The number of hydrogen-bond acceptors (Lipinski definition) is 2. The molecule has 0 unspecified atom stereocenters. The van der Waals surface area contributed by atoms with Crippen LogP contribution in [0, 0.1) is 31.3 Å². The van der Waals surface area contributed by atoms with Gasteiger partial charge in [-0.05, 0) is 56.8 Å². The van der Waals surface area contributed by atoms with Crippen molar-refractivity contribution in [1.29, 1.82) is 0 Å². The molecule has 0 fully saturated rings. The van der Waals surface area contributed by atoms with Crippen molar-refractivity contribution in [2.75, 3.05) is 0 Å². The molecular formula is C41H40IrN3. The molecule has 228 valence electrons. The Labute approximate surface area is 319 Å². The fourth-order valence-electron chi connectivity index (χ4n) is 3.31. The van der Waals surface area contributed by atoms with Gasteiger partial charge in [0, 0.05) is 33.1 Å². The molecule has 0 spiro atoms. The molecule has 0 aliphatic rings. The Morgan fingerprint density at radius 2 is 1.80 bits per heavy atom. The molecule has 0 bridgehead atoms. The van der Waals surface area contributed by atoms with Gasteiger partial charge in [-0.3, -0.25) is 4.98 Å². The second-order valence-electron chi connectivity index (χ2n) is 9.78. The maximum absolute atomic E-state index is 9.73. The molecule has 0 aliphatic heterocycles. The van der Waals surface area contributed by atoms with E-state index < -0.39 is 174 Å². The predicted octanol–water partition coefficient (Wildman–Crippen LogP) is 10.4. The van der Waals surface area contributed by atoms with Crippen LogP contribution in [0.2, 0.25) is 0 Å². The molecule has 5 aromatic rings. The minimum Gasteiger partial charge on any atom is -0.811 e. The molecule has 0 amide bonds. The summed E-state index contributed by atoms with van der Waals surface area (Å²) in [5.74, 6) is 0. The second kappa shape index (κ2) is 16.7. The third-order valence-electron chi connectivity index (χ3n) is 5.20. The zero-order valence-corrected chi connectivity index (χ0v) is 26.7. The smallest absolute Gasteiger partial charge is 0.811 e. The summed E-state index contributed by atoms with van der Waals surface area (Å²) in [6, 6.07) is -4.95. The number of benzene rings is 3. The van der Waals surface area contributed by atoms with E-state index in [2.05, 4.69) is 22.1 Å². The average molecular weight is 793 g/mol. The quantitative estimate of drug-likeness (QED) is 0.0936. The topological polar surface area (TPSA) is 48.1 Å². The van der Waals surface area contributed by atoms with Gasteiger partial charge in [0.15, 0.2) is 0 Å². The first-order chi connectivity index (χ1) is 31.8. The van der Waals surface area contributed by atoms with E-state index in [4.69, 9.17) is 35.6 Å². The van der Waals surface area contributed by atoms with Gasteiger partial charge in [0.1, 0.15) is 0 Å². The Hall–Kier alpha value is -4.24. The molecule has 45 heavy (non-hydrogen) atoms. The molecule has 0 radical (unpaired) electrons. The van der Waals surface area contributed by atoms with E-state index in [1.54, 1.807) is 20.8 Å². The van der Waals surface area contributed by atoms with Crippen LogP contribution in [0.4, 0.5) is 0 Å². The average Bonchev–Trinajstić information content (AvgIpc) is 3.25. The second-order valence-corrected chi connectivity index (χ2v) is 9.78. The molecular weight excluding hydrogens is 727 g/mol. The first-order valence-corrected chi connectivity index (χ1v) is 12.8. The van der Waals surface area contributed by atoms with Gasteiger partial charge in [-0.25, -0.2) is 0 Å². The molecule has 3 aromatic carbocycles. The zero-order chi connectivity index (χ0) is 54.0. The number of hydrogen-bond donors (Lipinski definition) is 0. The molecule has 2 aromatic heterocycles. The molecule has 4 heteroatoms. The minimum atomic E-state index is -2.86. The van der Waals surface area contributed by atoms with Crippen molar-refractivity contribution < 1.29 is 55.7 Å². The Balaban J connectivity index is 0.000000370. The van der Waals surface area contributed by atoms with Crippen LogP contribution in [0.3, 0.4) is 0 Å². The van der Waals surface area contributed by atoms with Crippen LogP contribution in [-0.2, 0) is 26.5 Å². The number of pyridine rings is 2. The Morgan fingerprint density at radius 3 is 2.53 bits per heavy atom. The fourth-order valence-corrected chi connectivity index (χ4v) is 3.31. The van der Waals surface area contributed by atoms with E-state index in [1.807, 2.05) is 0 Å². The summed E-state index contributed by atoms with van der Waals surface area (Å²) in [4.78, 5) is 7.79. The van der Waals surface area contributed by atoms with Gasteiger partial charge in [-0.1, -0.05) is 101 Å². The number of nitrogens with zero attached hydrogens (tertiary/aromatic N) is 3. The molecule has 2 heterocycles. The van der Waals surface area contributed by atoms with Crippen LogP contribution >= 0.6 is 0 Å². The first-order valence-electron chi connectivity index (χ1n) is 25.8. The van der Waals surface area contributed by atoms with E-state index >= 15 is 0 Å². The summed E-state index contributed by atoms with van der Waals surface area (Å²) in [6.07, 6.45) is -3.46. The number of rotatable bonds is 7. The molecule has 5 rings (SSSR count). The SMILES string of the molecule is [2H]C(=[N-])/C([2H])=C(\C([2H])=C(/C)c1[c-]c([2H])c([2H])c([2H])c1[2H])c1c([2H])nc(C([2H])([2H])C(C)(C)C)c([2H])c1[2H].[2H]c1c(C([2H])([2H])[2H])cnc(-c2[c-]cc(C([2H])([2H])[2H])c(-c3c([2H])c([2H])c([2H])c([2H])c3[2H])c2[2H])c1[2H].[Ir+3]. The number of allylic oxidation sites excluding steroid dienone is 4. The minimum absolute atomic E-state index is 0. The van der Waals surface area contributed by atoms with Crippen LogP contribution in [0.5, 0.6) is 0 Å². The summed E-state index contributed by atoms with van der Waals surface area (Å²) < 4.78 is 209. The molecule has 0 aliphatic carbocycles. The van der Waals surface area contributed by atoms with Crippen molar-refractivity contribution in [1.82, 2.24) is 9.97 Å². The van der Waals surface area contributed by atoms with Crippen molar-refractivity contribution in [2.24, 2.45) is 5.41 Å². The van der Waals surface area contributed by atoms with Crippen molar-refractivity contribution in [3.63, 3.8) is 0 Å². The van der Waals surface area contributed by atoms with Gasteiger partial charge in [0.2, 0.25) is 0 Å².